The van der Waals surface area contributed by atoms with Gasteiger partial charge in [0.05, 0.1) is 11.7 Å². The van der Waals surface area contributed by atoms with Gasteiger partial charge < -0.3 is 25.0 Å². The van der Waals surface area contributed by atoms with Gasteiger partial charge in [-0.3, -0.25) is 4.79 Å². The van der Waals surface area contributed by atoms with Crippen molar-refractivity contribution in [3.05, 3.63) is 41.5 Å². The van der Waals surface area contributed by atoms with Crippen molar-refractivity contribution >= 4 is 18.3 Å². The maximum atomic E-state index is 12.4. The first-order valence-electron chi connectivity index (χ1n) is 7.81. The standard InChI is InChI=1S/C16H20N4O4.ClH/c1-10-19-15(20-24-10)9-23-14-5-3-2-4-12(14)16(22)18-7-11-6-17-8-13(11)21;/h2-5,11,13,17,21H,6-9H2,1H3,(H,18,22);1H. The SMILES string of the molecule is Cc1nc(COc2ccccc2C(=O)NCC2CNCC2O)no1.Cl. The first-order chi connectivity index (χ1) is 11.6. The highest BCUT2D eigenvalue weighted by molar-refractivity contribution is 5.96. The average molecular weight is 369 g/mol. The molecule has 2 aromatic rings. The molecule has 2 unspecified atom stereocenters. The van der Waals surface area contributed by atoms with Gasteiger partial charge in [0.2, 0.25) is 11.7 Å². The molecule has 0 spiro atoms. The van der Waals surface area contributed by atoms with Crippen molar-refractivity contribution in [2.24, 2.45) is 5.92 Å². The third-order valence-corrected chi connectivity index (χ3v) is 3.89. The number of aliphatic hydroxyl groups excluding tert-OH is 1. The van der Waals surface area contributed by atoms with E-state index >= 15 is 0 Å². The van der Waals surface area contributed by atoms with Gasteiger partial charge in [-0.15, -0.1) is 12.4 Å². The number of hydrogen-bond donors (Lipinski definition) is 3. The number of carbonyl (C=O) groups is 1. The van der Waals surface area contributed by atoms with Crippen LogP contribution < -0.4 is 15.4 Å². The molecule has 0 bridgehead atoms. The third kappa shape index (κ3) is 4.91. The van der Waals surface area contributed by atoms with Crippen molar-refractivity contribution in [2.45, 2.75) is 19.6 Å². The van der Waals surface area contributed by atoms with Crippen LogP contribution in [0.3, 0.4) is 0 Å². The number of amides is 1. The Morgan fingerprint density at radius 3 is 2.92 bits per heavy atom. The van der Waals surface area contributed by atoms with E-state index in [1.54, 1.807) is 31.2 Å². The van der Waals surface area contributed by atoms with E-state index in [1.807, 2.05) is 0 Å². The summed E-state index contributed by atoms with van der Waals surface area (Å²) in [5, 5.41) is 19.5. The number of halogens is 1. The zero-order valence-electron chi connectivity index (χ0n) is 13.8. The number of ether oxygens (including phenoxy) is 1. The summed E-state index contributed by atoms with van der Waals surface area (Å²) in [6, 6.07) is 6.97. The summed E-state index contributed by atoms with van der Waals surface area (Å²) in [4.78, 5) is 16.5. The van der Waals surface area contributed by atoms with Gasteiger partial charge in [0.1, 0.15) is 5.75 Å². The molecule has 1 saturated heterocycles. The Morgan fingerprint density at radius 2 is 2.24 bits per heavy atom. The number of rotatable bonds is 6. The van der Waals surface area contributed by atoms with Crippen LogP contribution >= 0.6 is 12.4 Å². The monoisotopic (exact) mass is 368 g/mol. The Morgan fingerprint density at radius 1 is 1.44 bits per heavy atom. The van der Waals surface area contributed by atoms with Crippen LogP contribution in [0.2, 0.25) is 0 Å². The number of aliphatic hydroxyl groups is 1. The first-order valence-corrected chi connectivity index (χ1v) is 7.81. The lowest BCUT2D eigenvalue weighted by Gasteiger charge is -2.15. The number of nitrogens with zero attached hydrogens (tertiary/aromatic N) is 2. The molecule has 1 aromatic carbocycles. The number of hydrogen-bond acceptors (Lipinski definition) is 7. The van der Waals surface area contributed by atoms with Gasteiger partial charge in [-0.05, 0) is 12.1 Å². The van der Waals surface area contributed by atoms with E-state index in [9.17, 15) is 9.90 Å². The second-order valence-electron chi connectivity index (χ2n) is 5.71. The third-order valence-electron chi connectivity index (χ3n) is 3.89. The molecule has 2 heterocycles. The second-order valence-corrected chi connectivity index (χ2v) is 5.71. The average Bonchev–Trinajstić information content (AvgIpc) is 3.19. The molecule has 8 nitrogen and oxygen atoms in total. The lowest BCUT2D eigenvalue weighted by atomic mass is 10.1. The van der Waals surface area contributed by atoms with Crippen LogP contribution in [0.15, 0.2) is 28.8 Å². The quantitative estimate of drug-likeness (QED) is 0.688. The molecular formula is C16H21ClN4O4. The van der Waals surface area contributed by atoms with Crippen LogP contribution in [-0.4, -0.2) is 46.9 Å². The molecular weight excluding hydrogens is 348 g/mol. The molecule has 3 rings (SSSR count). The number of aromatic nitrogens is 2. The van der Waals surface area contributed by atoms with Crippen LogP contribution in [0.5, 0.6) is 5.75 Å². The summed E-state index contributed by atoms with van der Waals surface area (Å²) < 4.78 is 10.5. The number of β-amino-alcohol motifs (C(OH)–C–C–N with tert-alkyl or cyclic N) is 1. The minimum Gasteiger partial charge on any atom is -0.485 e. The fraction of sp³-hybridized carbons (Fsp3) is 0.438. The maximum absolute atomic E-state index is 12.4. The Labute approximate surface area is 151 Å². The molecule has 0 radical (unpaired) electrons. The molecule has 0 aliphatic carbocycles. The molecule has 1 amide bonds. The summed E-state index contributed by atoms with van der Waals surface area (Å²) in [7, 11) is 0. The molecule has 3 N–H and O–H groups in total. The fourth-order valence-corrected chi connectivity index (χ4v) is 2.57. The van der Waals surface area contributed by atoms with E-state index in [0.29, 0.717) is 42.7 Å². The molecule has 25 heavy (non-hydrogen) atoms. The van der Waals surface area contributed by atoms with Gasteiger partial charge in [0.25, 0.3) is 5.91 Å². The normalized spacial score (nSPS) is 19.3. The second kappa shape index (κ2) is 8.80. The highest BCUT2D eigenvalue weighted by atomic mass is 35.5. The number of para-hydroxylation sites is 1. The van der Waals surface area contributed by atoms with Crippen molar-refractivity contribution in [1.29, 1.82) is 0 Å². The smallest absolute Gasteiger partial charge is 0.255 e. The lowest BCUT2D eigenvalue weighted by Crippen LogP contribution is -2.34. The molecule has 1 aromatic heterocycles. The van der Waals surface area contributed by atoms with Crippen molar-refractivity contribution in [3.8, 4) is 5.75 Å². The van der Waals surface area contributed by atoms with E-state index in [2.05, 4.69) is 20.8 Å². The topological polar surface area (TPSA) is 110 Å². The Bertz CT molecular complexity index is 709. The summed E-state index contributed by atoms with van der Waals surface area (Å²) >= 11 is 0. The van der Waals surface area contributed by atoms with Crippen LogP contribution in [0.25, 0.3) is 0 Å². The van der Waals surface area contributed by atoms with E-state index in [0.717, 1.165) is 0 Å². The van der Waals surface area contributed by atoms with Crippen LogP contribution in [-0.2, 0) is 6.61 Å². The van der Waals surface area contributed by atoms with Gasteiger partial charge in [-0.1, -0.05) is 17.3 Å². The van der Waals surface area contributed by atoms with Crippen LogP contribution in [0.4, 0.5) is 0 Å². The number of carbonyl (C=O) groups excluding carboxylic acids is 1. The predicted molar refractivity (Wildman–Crippen MR) is 91.8 cm³/mol. The first kappa shape index (κ1) is 19.2. The Kier molecular flexibility index (Phi) is 6.74. The molecule has 0 saturated carbocycles. The van der Waals surface area contributed by atoms with Crippen molar-refractivity contribution in [1.82, 2.24) is 20.8 Å². The van der Waals surface area contributed by atoms with Gasteiger partial charge >= 0.3 is 0 Å². The van der Waals surface area contributed by atoms with E-state index in [4.69, 9.17) is 9.26 Å². The highest BCUT2D eigenvalue weighted by Crippen LogP contribution is 2.19. The van der Waals surface area contributed by atoms with Gasteiger partial charge in [-0.25, -0.2) is 0 Å². The largest absolute Gasteiger partial charge is 0.485 e. The maximum Gasteiger partial charge on any atom is 0.255 e. The highest BCUT2D eigenvalue weighted by Gasteiger charge is 2.25. The number of aryl methyl sites for hydroxylation is 1. The zero-order valence-corrected chi connectivity index (χ0v) is 14.6. The zero-order chi connectivity index (χ0) is 16.9. The minimum atomic E-state index is -0.432. The lowest BCUT2D eigenvalue weighted by molar-refractivity contribution is 0.0922. The summed E-state index contributed by atoms with van der Waals surface area (Å²) in [5.74, 6) is 1.10. The van der Waals surface area contributed by atoms with E-state index in [-0.39, 0.29) is 30.8 Å². The van der Waals surface area contributed by atoms with Crippen LogP contribution in [0.1, 0.15) is 22.1 Å². The number of nitrogens with one attached hydrogen (secondary N) is 2. The minimum absolute atomic E-state index is 0. The molecule has 1 aliphatic heterocycles. The van der Waals surface area contributed by atoms with E-state index in [1.165, 1.54) is 0 Å². The molecule has 1 fully saturated rings. The summed E-state index contributed by atoms with van der Waals surface area (Å²) in [6.45, 7) is 3.48. The molecule has 1 aliphatic rings. The molecule has 9 heteroatoms. The fourth-order valence-electron chi connectivity index (χ4n) is 2.57. The van der Waals surface area contributed by atoms with Crippen molar-refractivity contribution < 1.29 is 19.2 Å². The Balaban J connectivity index is 0.00000225. The van der Waals surface area contributed by atoms with Crippen molar-refractivity contribution in [2.75, 3.05) is 19.6 Å². The number of benzene rings is 1. The molecule has 2 atom stereocenters. The molecule has 136 valence electrons. The predicted octanol–water partition coefficient (Wildman–Crippen LogP) is 0.689. The van der Waals surface area contributed by atoms with Gasteiger partial charge in [0, 0.05) is 32.5 Å². The van der Waals surface area contributed by atoms with Crippen molar-refractivity contribution in [3.63, 3.8) is 0 Å². The summed E-state index contributed by atoms with van der Waals surface area (Å²) in [6.07, 6.45) is -0.432. The van der Waals surface area contributed by atoms with Crippen LogP contribution in [0, 0.1) is 12.8 Å². The van der Waals surface area contributed by atoms with Gasteiger partial charge in [0.15, 0.2) is 6.61 Å². The summed E-state index contributed by atoms with van der Waals surface area (Å²) in [5.41, 5.74) is 0.429. The van der Waals surface area contributed by atoms with Gasteiger partial charge in [-0.2, -0.15) is 4.98 Å². The Hall–Kier alpha value is -2.16. The van der Waals surface area contributed by atoms with E-state index < -0.39 is 6.10 Å².